The highest BCUT2D eigenvalue weighted by molar-refractivity contribution is 7.11. The van der Waals surface area contributed by atoms with E-state index in [1.807, 2.05) is 24.4 Å². The Bertz CT molecular complexity index is 496. The Morgan fingerprint density at radius 2 is 2.11 bits per heavy atom. The van der Waals surface area contributed by atoms with E-state index in [2.05, 4.69) is 23.3 Å². The topological polar surface area (TPSA) is 34.2 Å². The maximum absolute atomic E-state index is 5.32. The third-order valence-electron chi connectivity index (χ3n) is 2.73. The largest absolute Gasteiger partial charge is 0.496 e. The van der Waals surface area contributed by atoms with E-state index in [1.54, 1.807) is 18.4 Å². The summed E-state index contributed by atoms with van der Waals surface area (Å²) in [4.78, 5) is 5.72. The fourth-order valence-electron chi connectivity index (χ4n) is 1.75. The van der Waals surface area contributed by atoms with Crippen molar-refractivity contribution in [3.63, 3.8) is 0 Å². The first-order chi connectivity index (χ1) is 8.83. The van der Waals surface area contributed by atoms with E-state index in [0.717, 1.165) is 30.3 Å². The van der Waals surface area contributed by atoms with Crippen LogP contribution in [0.25, 0.3) is 0 Å². The molecule has 1 aromatic heterocycles. The third kappa shape index (κ3) is 3.31. The van der Waals surface area contributed by atoms with Crippen LogP contribution >= 0.6 is 11.3 Å². The number of methoxy groups -OCH3 is 1. The fraction of sp³-hybridized carbons (Fsp3) is 0.357. The van der Waals surface area contributed by atoms with Crippen LogP contribution in [0.2, 0.25) is 0 Å². The summed E-state index contributed by atoms with van der Waals surface area (Å²) in [6, 6.07) is 8.07. The van der Waals surface area contributed by atoms with E-state index < -0.39 is 0 Å². The second kappa shape index (κ2) is 6.52. The molecule has 1 aromatic carbocycles. The lowest BCUT2D eigenvalue weighted by molar-refractivity contribution is 0.407. The molecule has 0 amide bonds. The molecule has 0 fully saturated rings. The van der Waals surface area contributed by atoms with Gasteiger partial charge in [-0.3, -0.25) is 0 Å². The third-order valence-corrected chi connectivity index (χ3v) is 3.88. The number of aromatic nitrogens is 1. The van der Waals surface area contributed by atoms with Crippen LogP contribution in [-0.4, -0.2) is 12.1 Å². The van der Waals surface area contributed by atoms with Gasteiger partial charge in [-0.15, -0.1) is 11.3 Å². The molecular formula is C14H18N2OS. The van der Waals surface area contributed by atoms with E-state index in [1.165, 1.54) is 10.4 Å². The highest BCUT2D eigenvalue weighted by Gasteiger charge is 2.03. The van der Waals surface area contributed by atoms with Crippen LogP contribution < -0.4 is 10.1 Å². The minimum atomic E-state index is 0.797. The summed E-state index contributed by atoms with van der Waals surface area (Å²) in [5, 5.41) is 4.54. The monoisotopic (exact) mass is 262 g/mol. The maximum atomic E-state index is 5.32. The summed E-state index contributed by atoms with van der Waals surface area (Å²) >= 11 is 1.77. The molecule has 0 aliphatic carbocycles. The Labute approximate surface area is 112 Å². The zero-order valence-electron chi connectivity index (χ0n) is 10.8. The van der Waals surface area contributed by atoms with Gasteiger partial charge in [0.05, 0.1) is 7.11 Å². The van der Waals surface area contributed by atoms with Gasteiger partial charge in [0.25, 0.3) is 0 Å². The van der Waals surface area contributed by atoms with Gasteiger partial charge in [-0.05, 0) is 12.5 Å². The van der Waals surface area contributed by atoms with Crippen molar-refractivity contribution < 1.29 is 4.74 Å². The molecule has 0 bridgehead atoms. The molecule has 18 heavy (non-hydrogen) atoms. The van der Waals surface area contributed by atoms with Crippen molar-refractivity contribution in [3.05, 3.63) is 45.9 Å². The Kier molecular flexibility index (Phi) is 4.73. The Hall–Kier alpha value is -1.39. The molecule has 3 nitrogen and oxygen atoms in total. The molecule has 4 heteroatoms. The minimum absolute atomic E-state index is 0.797. The molecule has 2 aromatic rings. The Balaban J connectivity index is 1.88. The fourth-order valence-corrected chi connectivity index (χ4v) is 2.58. The molecule has 0 aliphatic rings. The van der Waals surface area contributed by atoms with Crippen LogP contribution in [-0.2, 0) is 19.5 Å². The number of thiazole rings is 1. The van der Waals surface area contributed by atoms with Crippen molar-refractivity contribution in [2.45, 2.75) is 26.4 Å². The number of hydrogen-bond acceptors (Lipinski definition) is 4. The van der Waals surface area contributed by atoms with E-state index >= 15 is 0 Å². The summed E-state index contributed by atoms with van der Waals surface area (Å²) in [6.45, 7) is 3.76. The zero-order valence-corrected chi connectivity index (χ0v) is 11.6. The second-order valence-electron chi connectivity index (χ2n) is 3.99. The van der Waals surface area contributed by atoms with E-state index in [4.69, 9.17) is 4.74 Å². The number of benzene rings is 1. The maximum Gasteiger partial charge on any atom is 0.123 e. The first-order valence-electron chi connectivity index (χ1n) is 6.09. The van der Waals surface area contributed by atoms with Gasteiger partial charge in [0, 0.05) is 29.7 Å². The molecule has 2 rings (SSSR count). The van der Waals surface area contributed by atoms with Crippen molar-refractivity contribution in [1.29, 1.82) is 0 Å². The number of nitrogens with one attached hydrogen (secondary N) is 1. The van der Waals surface area contributed by atoms with Crippen molar-refractivity contribution in [2.24, 2.45) is 0 Å². The SMILES string of the molecule is CCc1cnc(CNCc2ccccc2OC)s1. The molecule has 0 unspecified atom stereocenters. The van der Waals surface area contributed by atoms with Crippen molar-refractivity contribution >= 4 is 11.3 Å². The van der Waals surface area contributed by atoms with Crippen LogP contribution in [0.1, 0.15) is 22.4 Å². The lowest BCUT2D eigenvalue weighted by atomic mass is 10.2. The molecule has 0 atom stereocenters. The molecule has 0 radical (unpaired) electrons. The number of aryl methyl sites for hydroxylation is 1. The van der Waals surface area contributed by atoms with Gasteiger partial charge < -0.3 is 10.1 Å². The van der Waals surface area contributed by atoms with Crippen LogP contribution in [0.5, 0.6) is 5.75 Å². The normalized spacial score (nSPS) is 10.6. The molecular weight excluding hydrogens is 244 g/mol. The van der Waals surface area contributed by atoms with Crippen LogP contribution in [0, 0.1) is 0 Å². The molecule has 0 saturated carbocycles. The molecule has 1 N–H and O–H groups in total. The average molecular weight is 262 g/mol. The molecule has 0 spiro atoms. The minimum Gasteiger partial charge on any atom is -0.496 e. The summed E-state index contributed by atoms with van der Waals surface area (Å²) in [7, 11) is 1.70. The molecule has 1 heterocycles. The molecule has 0 aliphatic heterocycles. The lowest BCUT2D eigenvalue weighted by Gasteiger charge is -2.08. The molecule has 96 valence electrons. The summed E-state index contributed by atoms with van der Waals surface area (Å²) in [5.74, 6) is 0.929. The number of para-hydroxylation sites is 1. The number of nitrogens with zero attached hydrogens (tertiary/aromatic N) is 1. The number of ether oxygens (including phenoxy) is 1. The highest BCUT2D eigenvalue weighted by atomic mass is 32.1. The standard InChI is InChI=1S/C14H18N2OS/c1-3-12-9-16-14(18-12)10-15-8-11-6-4-5-7-13(11)17-2/h4-7,9,15H,3,8,10H2,1-2H3. The lowest BCUT2D eigenvalue weighted by Crippen LogP contribution is -2.13. The molecule has 0 saturated heterocycles. The van der Waals surface area contributed by atoms with Gasteiger partial charge in [-0.25, -0.2) is 4.98 Å². The van der Waals surface area contributed by atoms with Crippen LogP contribution in [0.15, 0.2) is 30.5 Å². The van der Waals surface area contributed by atoms with Crippen molar-refractivity contribution in [3.8, 4) is 5.75 Å². The van der Waals surface area contributed by atoms with Gasteiger partial charge in [-0.1, -0.05) is 25.1 Å². The highest BCUT2D eigenvalue weighted by Crippen LogP contribution is 2.17. The quantitative estimate of drug-likeness (QED) is 0.869. The smallest absolute Gasteiger partial charge is 0.123 e. The predicted octanol–water partition coefficient (Wildman–Crippen LogP) is 3.00. The average Bonchev–Trinajstić information content (AvgIpc) is 2.87. The summed E-state index contributed by atoms with van der Waals surface area (Å²) < 4.78 is 5.32. The van der Waals surface area contributed by atoms with Gasteiger partial charge in [0.2, 0.25) is 0 Å². The second-order valence-corrected chi connectivity index (χ2v) is 5.19. The number of hydrogen-bond donors (Lipinski definition) is 1. The first kappa shape index (κ1) is 13.1. The Morgan fingerprint density at radius 3 is 2.83 bits per heavy atom. The van der Waals surface area contributed by atoms with Crippen LogP contribution in [0.4, 0.5) is 0 Å². The van der Waals surface area contributed by atoms with Crippen molar-refractivity contribution in [1.82, 2.24) is 10.3 Å². The van der Waals surface area contributed by atoms with Crippen molar-refractivity contribution in [2.75, 3.05) is 7.11 Å². The van der Waals surface area contributed by atoms with E-state index in [0.29, 0.717) is 0 Å². The van der Waals surface area contributed by atoms with E-state index in [-0.39, 0.29) is 0 Å². The first-order valence-corrected chi connectivity index (χ1v) is 6.91. The summed E-state index contributed by atoms with van der Waals surface area (Å²) in [5.41, 5.74) is 1.17. The van der Waals surface area contributed by atoms with Gasteiger partial charge in [-0.2, -0.15) is 0 Å². The van der Waals surface area contributed by atoms with E-state index in [9.17, 15) is 0 Å². The van der Waals surface area contributed by atoms with Crippen LogP contribution in [0.3, 0.4) is 0 Å². The van der Waals surface area contributed by atoms with Gasteiger partial charge in [0.1, 0.15) is 10.8 Å². The number of rotatable bonds is 6. The van der Waals surface area contributed by atoms with Gasteiger partial charge in [0.15, 0.2) is 0 Å². The van der Waals surface area contributed by atoms with Gasteiger partial charge >= 0.3 is 0 Å². The predicted molar refractivity (Wildman–Crippen MR) is 75.0 cm³/mol. The zero-order chi connectivity index (χ0) is 12.8. The summed E-state index contributed by atoms with van der Waals surface area (Å²) in [6.07, 6.45) is 3.02. The Morgan fingerprint density at radius 1 is 1.28 bits per heavy atom.